The van der Waals surface area contributed by atoms with E-state index in [4.69, 9.17) is 14.2 Å². The SMILES string of the molecule is CCOc1cc(C(=O)N2CCCC(N(C)C)C2)ccc1OCCOc1ccccc1. The number of piperidine rings is 1. The Hall–Kier alpha value is -2.73. The van der Waals surface area contributed by atoms with E-state index in [0.717, 1.165) is 31.7 Å². The Morgan fingerprint density at radius 3 is 2.53 bits per heavy atom. The zero-order valence-electron chi connectivity index (χ0n) is 18.2. The average molecular weight is 413 g/mol. The smallest absolute Gasteiger partial charge is 0.254 e. The van der Waals surface area contributed by atoms with E-state index < -0.39 is 0 Å². The maximum absolute atomic E-state index is 13.0. The molecule has 1 fully saturated rings. The average Bonchev–Trinajstić information content (AvgIpc) is 2.78. The summed E-state index contributed by atoms with van der Waals surface area (Å²) in [6, 6.07) is 15.5. The summed E-state index contributed by atoms with van der Waals surface area (Å²) in [5, 5.41) is 0. The Morgan fingerprint density at radius 1 is 1.03 bits per heavy atom. The van der Waals surface area contributed by atoms with Crippen molar-refractivity contribution in [1.82, 2.24) is 9.80 Å². The fourth-order valence-electron chi connectivity index (χ4n) is 3.60. The molecule has 30 heavy (non-hydrogen) atoms. The molecule has 162 valence electrons. The summed E-state index contributed by atoms with van der Waals surface area (Å²) in [7, 11) is 4.14. The van der Waals surface area contributed by atoms with Gasteiger partial charge in [0.05, 0.1) is 6.61 Å². The van der Waals surface area contributed by atoms with Crippen molar-refractivity contribution >= 4 is 5.91 Å². The van der Waals surface area contributed by atoms with Crippen LogP contribution in [-0.4, -0.2) is 68.8 Å². The van der Waals surface area contributed by atoms with Gasteiger partial charge in [-0.25, -0.2) is 0 Å². The number of amides is 1. The number of carbonyl (C=O) groups excluding carboxylic acids is 1. The van der Waals surface area contributed by atoms with Gasteiger partial charge < -0.3 is 24.0 Å². The second-order valence-electron chi connectivity index (χ2n) is 7.62. The van der Waals surface area contributed by atoms with Crippen LogP contribution in [0.5, 0.6) is 17.2 Å². The van der Waals surface area contributed by atoms with Crippen LogP contribution in [0.2, 0.25) is 0 Å². The van der Waals surface area contributed by atoms with Crippen LogP contribution in [0.1, 0.15) is 30.1 Å². The topological polar surface area (TPSA) is 51.2 Å². The van der Waals surface area contributed by atoms with Gasteiger partial charge in [-0.05, 0) is 64.2 Å². The minimum atomic E-state index is 0.0430. The predicted octanol–water partition coefficient (Wildman–Crippen LogP) is 3.71. The van der Waals surface area contributed by atoms with Gasteiger partial charge in [-0.1, -0.05) is 18.2 Å². The zero-order valence-corrected chi connectivity index (χ0v) is 18.2. The number of carbonyl (C=O) groups is 1. The molecule has 2 aromatic rings. The number of nitrogens with zero attached hydrogens (tertiary/aromatic N) is 2. The zero-order chi connectivity index (χ0) is 21.3. The summed E-state index contributed by atoms with van der Waals surface area (Å²) in [6.45, 7) is 4.78. The lowest BCUT2D eigenvalue weighted by Crippen LogP contribution is -2.47. The minimum Gasteiger partial charge on any atom is -0.490 e. The number of hydrogen-bond donors (Lipinski definition) is 0. The summed E-state index contributed by atoms with van der Waals surface area (Å²) in [5.41, 5.74) is 0.630. The molecule has 6 nitrogen and oxygen atoms in total. The molecule has 0 saturated carbocycles. The molecule has 1 aliphatic heterocycles. The van der Waals surface area contributed by atoms with Crippen molar-refractivity contribution in [2.75, 3.05) is 47.0 Å². The highest BCUT2D eigenvalue weighted by Gasteiger charge is 2.26. The largest absolute Gasteiger partial charge is 0.490 e. The monoisotopic (exact) mass is 412 g/mol. The summed E-state index contributed by atoms with van der Waals surface area (Å²) >= 11 is 0. The molecule has 0 bridgehead atoms. The van der Waals surface area contributed by atoms with E-state index in [0.29, 0.717) is 42.9 Å². The fourth-order valence-corrected chi connectivity index (χ4v) is 3.60. The molecule has 1 amide bonds. The molecule has 0 aromatic heterocycles. The molecule has 0 N–H and O–H groups in total. The lowest BCUT2D eigenvalue weighted by atomic mass is 10.0. The van der Waals surface area contributed by atoms with Crippen LogP contribution in [-0.2, 0) is 0 Å². The van der Waals surface area contributed by atoms with E-state index in [-0.39, 0.29) is 5.91 Å². The predicted molar refractivity (Wildman–Crippen MR) is 118 cm³/mol. The Labute approximate surface area is 179 Å². The molecule has 1 atom stereocenters. The number of likely N-dealkylation sites (N-methyl/N-ethyl adjacent to an activating group) is 1. The molecule has 1 heterocycles. The van der Waals surface area contributed by atoms with Gasteiger partial charge in [-0.2, -0.15) is 0 Å². The second kappa shape index (κ2) is 10.9. The standard InChI is InChI=1S/C24H32N2O4/c1-4-28-23-17-19(24(27)26-14-8-9-20(18-26)25(2)3)12-13-22(23)30-16-15-29-21-10-6-5-7-11-21/h5-7,10-13,17,20H,4,8-9,14-16,18H2,1-3H3. The molecule has 1 saturated heterocycles. The number of para-hydroxylation sites is 1. The highest BCUT2D eigenvalue weighted by Crippen LogP contribution is 2.29. The van der Waals surface area contributed by atoms with E-state index in [9.17, 15) is 4.79 Å². The summed E-state index contributed by atoms with van der Waals surface area (Å²) < 4.78 is 17.3. The normalized spacial score (nSPS) is 16.4. The van der Waals surface area contributed by atoms with E-state index in [2.05, 4.69) is 19.0 Å². The number of hydrogen-bond acceptors (Lipinski definition) is 5. The van der Waals surface area contributed by atoms with E-state index in [1.54, 1.807) is 6.07 Å². The first-order valence-corrected chi connectivity index (χ1v) is 10.6. The van der Waals surface area contributed by atoms with Crippen molar-refractivity contribution in [1.29, 1.82) is 0 Å². The van der Waals surface area contributed by atoms with E-state index in [1.807, 2.05) is 54.3 Å². The first-order chi connectivity index (χ1) is 14.6. The van der Waals surface area contributed by atoms with Crippen molar-refractivity contribution in [3.63, 3.8) is 0 Å². The third-order valence-electron chi connectivity index (χ3n) is 5.26. The van der Waals surface area contributed by atoms with Crippen LogP contribution >= 0.6 is 0 Å². The van der Waals surface area contributed by atoms with Crippen LogP contribution in [0.15, 0.2) is 48.5 Å². The Morgan fingerprint density at radius 2 is 1.80 bits per heavy atom. The van der Waals surface area contributed by atoms with Gasteiger partial charge >= 0.3 is 0 Å². The van der Waals surface area contributed by atoms with E-state index in [1.165, 1.54) is 0 Å². The highest BCUT2D eigenvalue weighted by molar-refractivity contribution is 5.95. The quantitative estimate of drug-likeness (QED) is 0.588. The molecule has 0 spiro atoms. The van der Waals surface area contributed by atoms with Crippen molar-refractivity contribution in [2.45, 2.75) is 25.8 Å². The molecule has 1 unspecified atom stereocenters. The Bertz CT molecular complexity index is 810. The van der Waals surface area contributed by atoms with Gasteiger partial charge in [0.15, 0.2) is 11.5 Å². The molecular formula is C24H32N2O4. The second-order valence-corrected chi connectivity index (χ2v) is 7.62. The van der Waals surface area contributed by atoms with E-state index >= 15 is 0 Å². The maximum Gasteiger partial charge on any atom is 0.254 e. The van der Waals surface area contributed by atoms with Crippen molar-refractivity contribution in [3.8, 4) is 17.2 Å². The minimum absolute atomic E-state index is 0.0430. The molecular weight excluding hydrogens is 380 g/mol. The molecule has 0 aliphatic carbocycles. The van der Waals surface area contributed by atoms with Crippen LogP contribution in [0.3, 0.4) is 0 Å². The molecule has 3 rings (SSSR count). The van der Waals surface area contributed by atoms with Crippen molar-refractivity contribution < 1.29 is 19.0 Å². The third kappa shape index (κ3) is 5.89. The van der Waals surface area contributed by atoms with Crippen molar-refractivity contribution in [3.05, 3.63) is 54.1 Å². The number of rotatable bonds is 9. The fraction of sp³-hybridized carbons (Fsp3) is 0.458. The number of benzene rings is 2. The van der Waals surface area contributed by atoms with Crippen LogP contribution in [0.25, 0.3) is 0 Å². The van der Waals surface area contributed by atoms with Gasteiger partial charge in [-0.15, -0.1) is 0 Å². The van der Waals surface area contributed by atoms with Gasteiger partial charge in [0.2, 0.25) is 0 Å². The Kier molecular flexibility index (Phi) is 7.97. The summed E-state index contributed by atoms with van der Waals surface area (Å²) in [4.78, 5) is 17.2. The van der Waals surface area contributed by atoms with Crippen LogP contribution in [0, 0.1) is 0 Å². The molecule has 6 heteroatoms. The highest BCUT2D eigenvalue weighted by atomic mass is 16.5. The third-order valence-corrected chi connectivity index (χ3v) is 5.26. The van der Waals surface area contributed by atoms with Crippen LogP contribution < -0.4 is 14.2 Å². The molecule has 1 aliphatic rings. The Balaban J connectivity index is 1.61. The molecule has 0 radical (unpaired) electrons. The maximum atomic E-state index is 13.0. The molecule has 2 aromatic carbocycles. The van der Waals surface area contributed by atoms with Crippen LogP contribution in [0.4, 0.5) is 0 Å². The van der Waals surface area contributed by atoms with Gasteiger partial charge in [0, 0.05) is 24.7 Å². The first-order valence-electron chi connectivity index (χ1n) is 10.6. The van der Waals surface area contributed by atoms with Crippen molar-refractivity contribution in [2.24, 2.45) is 0 Å². The summed E-state index contributed by atoms with van der Waals surface area (Å²) in [6.07, 6.45) is 2.15. The lowest BCUT2D eigenvalue weighted by Gasteiger charge is -2.36. The number of likely N-dealkylation sites (tertiary alicyclic amines) is 1. The lowest BCUT2D eigenvalue weighted by molar-refractivity contribution is 0.0634. The van der Waals surface area contributed by atoms with Gasteiger partial charge in [-0.3, -0.25) is 4.79 Å². The van der Waals surface area contributed by atoms with Gasteiger partial charge in [0.25, 0.3) is 5.91 Å². The summed E-state index contributed by atoms with van der Waals surface area (Å²) in [5.74, 6) is 2.06. The first kappa shape index (κ1) is 22.0. The van der Waals surface area contributed by atoms with Gasteiger partial charge in [0.1, 0.15) is 19.0 Å². The number of ether oxygens (including phenoxy) is 3.